The number of nitrogens with one attached hydrogen (secondary N) is 1. The van der Waals surface area contributed by atoms with Crippen LogP contribution in [0.25, 0.3) is 11.3 Å². The lowest BCUT2D eigenvalue weighted by molar-refractivity contribution is -0.137. The van der Waals surface area contributed by atoms with E-state index in [-0.39, 0.29) is 22.7 Å². The monoisotopic (exact) mass is 421 g/mol. The van der Waals surface area contributed by atoms with E-state index in [1.54, 1.807) is 24.4 Å². The third-order valence-corrected chi connectivity index (χ3v) is 4.36. The van der Waals surface area contributed by atoms with Gasteiger partial charge < -0.3 is 15.8 Å². The van der Waals surface area contributed by atoms with Gasteiger partial charge in [0.1, 0.15) is 5.75 Å². The first-order valence-electron chi connectivity index (χ1n) is 8.27. The summed E-state index contributed by atoms with van der Waals surface area (Å²) in [4.78, 5) is 16.7. The third-order valence-electron chi connectivity index (χ3n) is 4.06. The van der Waals surface area contributed by atoms with Gasteiger partial charge in [0.15, 0.2) is 0 Å². The molecule has 0 saturated heterocycles. The number of amides is 1. The highest BCUT2D eigenvalue weighted by molar-refractivity contribution is 6.33. The Balaban J connectivity index is 1.89. The maximum atomic E-state index is 13.0. The van der Waals surface area contributed by atoms with E-state index in [1.165, 1.54) is 25.3 Å². The summed E-state index contributed by atoms with van der Waals surface area (Å²) in [6.07, 6.45) is -3.02. The van der Waals surface area contributed by atoms with Crippen molar-refractivity contribution >= 4 is 28.9 Å². The molecule has 3 aromatic rings. The van der Waals surface area contributed by atoms with Crippen LogP contribution in [0.2, 0.25) is 5.02 Å². The van der Waals surface area contributed by atoms with E-state index in [4.69, 9.17) is 22.1 Å². The molecular weight excluding hydrogens is 407 g/mol. The zero-order valence-electron chi connectivity index (χ0n) is 15.0. The van der Waals surface area contributed by atoms with Crippen LogP contribution >= 0.6 is 11.6 Å². The fourth-order valence-corrected chi connectivity index (χ4v) is 2.90. The lowest BCUT2D eigenvalue weighted by atomic mass is 10.1. The molecule has 0 spiro atoms. The van der Waals surface area contributed by atoms with Gasteiger partial charge >= 0.3 is 6.18 Å². The normalized spacial score (nSPS) is 11.2. The minimum Gasteiger partial charge on any atom is -0.497 e. The Hall–Kier alpha value is -3.26. The standard InChI is InChI=1S/C20H15ClF3N3O2/c1-29-14-9-12(20(22,23)24)8-13(10-14)27-19(28)15-5-4-11(7-17(15)25)18-16(21)3-2-6-26-18/h2-10H,25H2,1H3,(H,27,28). The van der Waals surface area contributed by atoms with Crippen LogP contribution in [-0.4, -0.2) is 18.0 Å². The van der Waals surface area contributed by atoms with Crippen molar-refractivity contribution in [3.05, 3.63) is 70.9 Å². The van der Waals surface area contributed by atoms with Gasteiger partial charge in [-0.2, -0.15) is 13.2 Å². The van der Waals surface area contributed by atoms with E-state index in [1.807, 2.05) is 0 Å². The molecule has 3 rings (SSSR count). The molecule has 3 N–H and O–H groups in total. The number of nitrogen functional groups attached to an aromatic ring is 1. The van der Waals surface area contributed by atoms with Gasteiger partial charge in [-0.3, -0.25) is 9.78 Å². The van der Waals surface area contributed by atoms with Gasteiger partial charge in [-0.15, -0.1) is 0 Å². The maximum Gasteiger partial charge on any atom is 0.416 e. The summed E-state index contributed by atoms with van der Waals surface area (Å²) in [5.41, 5.74) is 6.28. The van der Waals surface area contributed by atoms with Crippen LogP contribution in [-0.2, 0) is 6.18 Å². The zero-order valence-corrected chi connectivity index (χ0v) is 15.8. The van der Waals surface area contributed by atoms with E-state index in [2.05, 4.69) is 10.3 Å². The molecule has 0 aliphatic carbocycles. The molecule has 2 aromatic carbocycles. The molecule has 150 valence electrons. The fourth-order valence-electron chi connectivity index (χ4n) is 2.67. The first-order chi connectivity index (χ1) is 13.7. The van der Waals surface area contributed by atoms with Crippen LogP contribution < -0.4 is 15.8 Å². The molecule has 0 bridgehead atoms. The van der Waals surface area contributed by atoms with Crippen molar-refractivity contribution in [2.24, 2.45) is 0 Å². The van der Waals surface area contributed by atoms with E-state index in [9.17, 15) is 18.0 Å². The smallest absolute Gasteiger partial charge is 0.416 e. The number of hydrogen-bond donors (Lipinski definition) is 2. The number of aromatic nitrogens is 1. The van der Waals surface area contributed by atoms with E-state index in [0.29, 0.717) is 16.3 Å². The molecule has 0 aliphatic rings. The Kier molecular flexibility index (Phi) is 5.65. The number of alkyl halides is 3. The zero-order chi connectivity index (χ0) is 21.2. The number of rotatable bonds is 4. The molecule has 1 amide bonds. The molecule has 0 saturated carbocycles. The van der Waals surface area contributed by atoms with E-state index >= 15 is 0 Å². The van der Waals surface area contributed by atoms with Gasteiger partial charge in [0.2, 0.25) is 0 Å². The van der Waals surface area contributed by atoms with Gasteiger partial charge in [-0.05, 0) is 36.4 Å². The maximum absolute atomic E-state index is 13.0. The Morgan fingerprint density at radius 1 is 1.17 bits per heavy atom. The van der Waals surface area contributed by atoms with Crippen LogP contribution in [0.3, 0.4) is 0 Å². The van der Waals surface area contributed by atoms with Gasteiger partial charge in [-0.1, -0.05) is 17.7 Å². The summed E-state index contributed by atoms with van der Waals surface area (Å²) >= 11 is 6.11. The van der Waals surface area contributed by atoms with Crippen molar-refractivity contribution in [2.45, 2.75) is 6.18 Å². The molecule has 0 atom stereocenters. The van der Waals surface area contributed by atoms with Gasteiger partial charge in [0, 0.05) is 29.2 Å². The first kappa shape index (κ1) is 20.5. The largest absolute Gasteiger partial charge is 0.497 e. The number of anilines is 2. The van der Waals surface area contributed by atoms with Gasteiger partial charge in [0.05, 0.1) is 29.0 Å². The highest BCUT2D eigenvalue weighted by Crippen LogP contribution is 2.34. The Morgan fingerprint density at radius 3 is 2.55 bits per heavy atom. The lowest BCUT2D eigenvalue weighted by Crippen LogP contribution is -2.15. The minimum atomic E-state index is -4.59. The molecule has 1 heterocycles. The SMILES string of the molecule is COc1cc(NC(=O)c2ccc(-c3ncccc3Cl)cc2N)cc(C(F)(F)F)c1. The van der Waals surface area contributed by atoms with Crippen molar-refractivity contribution in [1.82, 2.24) is 4.98 Å². The van der Waals surface area contributed by atoms with Crippen LogP contribution in [0.1, 0.15) is 15.9 Å². The second-order valence-electron chi connectivity index (χ2n) is 6.04. The second kappa shape index (κ2) is 8.00. The first-order valence-corrected chi connectivity index (χ1v) is 8.65. The average molecular weight is 422 g/mol. The average Bonchev–Trinajstić information content (AvgIpc) is 2.67. The van der Waals surface area contributed by atoms with Crippen molar-refractivity contribution < 1.29 is 22.7 Å². The summed E-state index contributed by atoms with van der Waals surface area (Å²) in [5.74, 6) is -0.703. The summed E-state index contributed by atoms with van der Waals surface area (Å²) in [6.45, 7) is 0. The highest BCUT2D eigenvalue weighted by atomic mass is 35.5. The molecule has 0 fully saturated rings. The predicted octanol–water partition coefficient (Wildman–Crippen LogP) is 5.26. The number of benzene rings is 2. The number of carbonyl (C=O) groups is 1. The minimum absolute atomic E-state index is 0.0387. The predicted molar refractivity (Wildman–Crippen MR) is 105 cm³/mol. The number of nitrogens with two attached hydrogens (primary N) is 1. The third kappa shape index (κ3) is 4.60. The van der Waals surface area contributed by atoms with Crippen molar-refractivity contribution in [3.8, 4) is 17.0 Å². The van der Waals surface area contributed by atoms with Crippen molar-refractivity contribution in [2.75, 3.05) is 18.2 Å². The van der Waals surface area contributed by atoms with Crippen LogP contribution in [0.15, 0.2) is 54.7 Å². The number of pyridine rings is 1. The number of halogens is 4. The molecule has 1 aromatic heterocycles. The highest BCUT2D eigenvalue weighted by Gasteiger charge is 2.31. The topological polar surface area (TPSA) is 77.2 Å². The molecule has 0 aliphatic heterocycles. The number of ether oxygens (including phenoxy) is 1. The summed E-state index contributed by atoms with van der Waals surface area (Å²) < 4.78 is 44.0. The Labute approximate surface area is 169 Å². The van der Waals surface area contributed by atoms with Crippen molar-refractivity contribution in [1.29, 1.82) is 0 Å². The van der Waals surface area contributed by atoms with Gasteiger partial charge in [0.25, 0.3) is 5.91 Å². The molecular formula is C20H15ClF3N3O2. The molecule has 29 heavy (non-hydrogen) atoms. The number of methoxy groups -OCH3 is 1. The molecule has 0 unspecified atom stereocenters. The molecule has 5 nitrogen and oxygen atoms in total. The van der Waals surface area contributed by atoms with E-state index < -0.39 is 17.6 Å². The van der Waals surface area contributed by atoms with Crippen molar-refractivity contribution in [3.63, 3.8) is 0 Å². The van der Waals surface area contributed by atoms with Gasteiger partial charge in [-0.25, -0.2) is 0 Å². The number of carbonyl (C=O) groups excluding carboxylic acids is 1. The number of nitrogens with zero attached hydrogens (tertiary/aromatic N) is 1. The summed E-state index contributed by atoms with van der Waals surface area (Å²) in [6, 6.07) is 10.9. The summed E-state index contributed by atoms with van der Waals surface area (Å²) in [7, 11) is 1.24. The quantitative estimate of drug-likeness (QED) is 0.563. The Morgan fingerprint density at radius 2 is 1.93 bits per heavy atom. The van der Waals surface area contributed by atoms with Crippen LogP contribution in [0.5, 0.6) is 5.75 Å². The van der Waals surface area contributed by atoms with Crippen LogP contribution in [0.4, 0.5) is 24.5 Å². The fraction of sp³-hybridized carbons (Fsp3) is 0.100. The molecule has 0 radical (unpaired) electrons. The number of hydrogen-bond acceptors (Lipinski definition) is 4. The second-order valence-corrected chi connectivity index (χ2v) is 6.45. The molecule has 9 heteroatoms. The Bertz CT molecular complexity index is 1070. The van der Waals surface area contributed by atoms with E-state index in [0.717, 1.165) is 12.1 Å². The lowest BCUT2D eigenvalue weighted by Gasteiger charge is -2.13. The van der Waals surface area contributed by atoms with Crippen LogP contribution in [0, 0.1) is 0 Å². The summed E-state index contributed by atoms with van der Waals surface area (Å²) in [5, 5.41) is 2.83.